The van der Waals surface area contributed by atoms with Gasteiger partial charge in [0, 0.05) is 24.2 Å². The maximum absolute atomic E-state index is 13.3. The normalized spacial score (nSPS) is 22.9. The summed E-state index contributed by atoms with van der Waals surface area (Å²) in [5, 5.41) is 2.64. The van der Waals surface area contributed by atoms with E-state index in [1.54, 1.807) is 6.92 Å². The van der Waals surface area contributed by atoms with Gasteiger partial charge in [-0.2, -0.15) is 17.5 Å². The predicted molar refractivity (Wildman–Crippen MR) is 117 cm³/mol. The molecule has 3 atom stereocenters. The topological polar surface area (TPSA) is 105 Å². The summed E-state index contributed by atoms with van der Waals surface area (Å²) >= 11 is 0. The number of aromatic nitrogens is 3. The molecule has 0 aromatic carbocycles. The van der Waals surface area contributed by atoms with Crippen LogP contribution in [0.15, 0.2) is 53.9 Å². The van der Waals surface area contributed by atoms with Gasteiger partial charge < -0.3 is 5.32 Å². The SMILES string of the molecule is CC1CC(C(=O)NCc2cc(-c3ccc(C(F)(F)F)nc3)ncn2)N1S(=O)(=O)C1=CCC(F)C=C1. The fourth-order valence-corrected chi connectivity index (χ4v) is 5.75. The van der Waals surface area contributed by atoms with Crippen molar-refractivity contribution >= 4 is 15.9 Å². The summed E-state index contributed by atoms with van der Waals surface area (Å²) in [7, 11) is -3.96. The van der Waals surface area contributed by atoms with Crippen molar-refractivity contribution in [3.05, 3.63) is 65.2 Å². The molecule has 1 aliphatic heterocycles. The first-order chi connectivity index (χ1) is 16.5. The first-order valence-electron chi connectivity index (χ1n) is 10.6. The zero-order valence-electron chi connectivity index (χ0n) is 18.4. The van der Waals surface area contributed by atoms with Crippen LogP contribution < -0.4 is 5.32 Å². The Morgan fingerprint density at radius 3 is 2.60 bits per heavy atom. The van der Waals surface area contributed by atoms with Gasteiger partial charge >= 0.3 is 6.18 Å². The van der Waals surface area contributed by atoms with Gasteiger partial charge in [-0.25, -0.2) is 22.8 Å². The van der Waals surface area contributed by atoms with Crippen LogP contribution in [0.25, 0.3) is 11.3 Å². The molecule has 3 heterocycles. The lowest BCUT2D eigenvalue weighted by molar-refractivity contribution is -0.141. The smallest absolute Gasteiger partial charge is 0.349 e. The number of pyridine rings is 1. The zero-order valence-corrected chi connectivity index (χ0v) is 19.2. The van der Waals surface area contributed by atoms with Crippen molar-refractivity contribution in [3.63, 3.8) is 0 Å². The molecule has 8 nitrogen and oxygen atoms in total. The fraction of sp³-hybridized carbons (Fsp3) is 0.364. The average Bonchev–Trinajstić information content (AvgIpc) is 2.80. The number of amides is 1. The molecule has 13 heteroatoms. The molecule has 0 saturated carbocycles. The van der Waals surface area contributed by atoms with E-state index < -0.39 is 46.1 Å². The number of alkyl halides is 4. The second-order valence-corrected chi connectivity index (χ2v) is 10.0. The van der Waals surface area contributed by atoms with Crippen LogP contribution in [0.5, 0.6) is 0 Å². The molecule has 1 amide bonds. The Labute approximate surface area is 198 Å². The van der Waals surface area contributed by atoms with Crippen molar-refractivity contribution in [2.75, 3.05) is 0 Å². The maximum atomic E-state index is 13.3. The van der Waals surface area contributed by atoms with Crippen LogP contribution in [0.2, 0.25) is 0 Å². The van der Waals surface area contributed by atoms with E-state index >= 15 is 0 Å². The summed E-state index contributed by atoms with van der Waals surface area (Å²) in [4.78, 5) is 24.2. The van der Waals surface area contributed by atoms with Crippen LogP contribution in [0.4, 0.5) is 17.6 Å². The lowest BCUT2D eigenvalue weighted by Gasteiger charge is -2.44. The highest BCUT2D eigenvalue weighted by Gasteiger charge is 2.48. The number of hydrogen-bond acceptors (Lipinski definition) is 6. The second-order valence-electron chi connectivity index (χ2n) is 8.20. The summed E-state index contributed by atoms with van der Waals surface area (Å²) in [5.74, 6) is -0.521. The Kier molecular flexibility index (Phi) is 6.73. The fourth-order valence-electron chi connectivity index (χ4n) is 3.88. The van der Waals surface area contributed by atoms with Gasteiger partial charge in [-0.1, -0.05) is 6.08 Å². The number of allylic oxidation sites excluding steroid dienone is 3. The number of carbonyl (C=O) groups excluding carboxylic acids is 1. The van der Waals surface area contributed by atoms with Crippen LogP contribution in [-0.2, 0) is 27.5 Å². The van der Waals surface area contributed by atoms with Crippen LogP contribution in [-0.4, -0.2) is 51.8 Å². The average molecular weight is 512 g/mol. The van der Waals surface area contributed by atoms with E-state index in [-0.39, 0.29) is 17.9 Å². The third-order valence-corrected chi connectivity index (χ3v) is 7.78. The van der Waals surface area contributed by atoms with Crippen LogP contribution >= 0.6 is 0 Å². The van der Waals surface area contributed by atoms with E-state index in [0.29, 0.717) is 23.4 Å². The Morgan fingerprint density at radius 2 is 2.00 bits per heavy atom. The highest BCUT2D eigenvalue weighted by Crippen LogP contribution is 2.34. The van der Waals surface area contributed by atoms with E-state index in [0.717, 1.165) is 16.6 Å². The lowest BCUT2D eigenvalue weighted by atomic mass is 9.98. The molecule has 1 N–H and O–H groups in total. The molecule has 1 aliphatic carbocycles. The molecule has 0 bridgehead atoms. The van der Waals surface area contributed by atoms with Gasteiger partial charge in [-0.3, -0.25) is 9.78 Å². The van der Waals surface area contributed by atoms with E-state index in [4.69, 9.17) is 0 Å². The minimum atomic E-state index is -4.56. The molecule has 2 aromatic heterocycles. The van der Waals surface area contributed by atoms with Crippen molar-refractivity contribution in [2.45, 2.75) is 50.7 Å². The molecule has 4 rings (SSSR count). The molecule has 1 saturated heterocycles. The first kappa shape index (κ1) is 24.9. The number of carbonyl (C=O) groups is 1. The van der Waals surface area contributed by atoms with Crippen molar-refractivity contribution in [1.82, 2.24) is 24.6 Å². The quantitative estimate of drug-likeness (QED) is 0.598. The molecule has 186 valence electrons. The monoisotopic (exact) mass is 511 g/mol. The summed E-state index contributed by atoms with van der Waals surface area (Å²) in [6.07, 6.45) is 0.417. The van der Waals surface area contributed by atoms with Gasteiger partial charge in [-0.15, -0.1) is 0 Å². The van der Waals surface area contributed by atoms with Crippen LogP contribution in [0.1, 0.15) is 31.2 Å². The Hall–Kier alpha value is -3.19. The summed E-state index contributed by atoms with van der Waals surface area (Å²) in [5.41, 5.74) is -0.00511. The van der Waals surface area contributed by atoms with Crippen molar-refractivity contribution in [3.8, 4) is 11.3 Å². The number of sulfonamides is 1. The van der Waals surface area contributed by atoms with Crippen LogP contribution in [0.3, 0.4) is 0 Å². The maximum Gasteiger partial charge on any atom is 0.433 e. The van der Waals surface area contributed by atoms with Gasteiger partial charge in [0.05, 0.1) is 22.8 Å². The van der Waals surface area contributed by atoms with E-state index in [1.165, 1.54) is 36.7 Å². The Balaban J connectivity index is 1.42. The number of hydrogen-bond donors (Lipinski definition) is 1. The molecule has 0 radical (unpaired) electrons. The Bertz CT molecular complexity index is 1280. The number of halogens is 4. The molecule has 1 fully saturated rings. The van der Waals surface area contributed by atoms with Gasteiger partial charge in [0.25, 0.3) is 0 Å². The van der Waals surface area contributed by atoms with Gasteiger partial charge in [0.1, 0.15) is 24.2 Å². The molecule has 3 unspecified atom stereocenters. The van der Waals surface area contributed by atoms with Gasteiger partial charge in [0.15, 0.2) is 0 Å². The molecule has 2 aliphatic rings. The molecular formula is C22H21F4N5O3S. The molecule has 35 heavy (non-hydrogen) atoms. The summed E-state index contributed by atoms with van der Waals surface area (Å²) < 4.78 is 78.5. The summed E-state index contributed by atoms with van der Waals surface area (Å²) in [6.45, 7) is 1.63. The molecular weight excluding hydrogens is 490 g/mol. The first-order valence-corrected chi connectivity index (χ1v) is 12.1. The third kappa shape index (κ3) is 5.25. The lowest BCUT2D eigenvalue weighted by Crippen LogP contribution is -2.62. The second kappa shape index (κ2) is 9.46. The molecule has 0 spiro atoms. The highest BCUT2D eigenvalue weighted by atomic mass is 32.2. The van der Waals surface area contributed by atoms with Crippen molar-refractivity contribution in [2.24, 2.45) is 0 Å². The standard InChI is InChI=1S/C22H21F4N5O3S/c1-13-8-19(31(13)35(33,34)17-5-3-15(23)4-6-17)21(32)28-11-16-9-18(30-12-29-16)14-2-7-20(27-10-14)22(24,25)26/h2-3,5-7,9-10,12-13,15,19H,4,8,11H2,1H3,(H,28,32). The van der Waals surface area contributed by atoms with E-state index in [2.05, 4.69) is 20.3 Å². The van der Waals surface area contributed by atoms with Gasteiger partial charge in [0.2, 0.25) is 15.9 Å². The minimum Gasteiger partial charge on any atom is -0.349 e. The van der Waals surface area contributed by atoms with Crippen molar-refractivity contribution in [1.29, 1.82) is 0 Å². The van der Waals surface area contributed by atoms with Crippen molar-refractivity contribution < 1.29 is 30.8 Å². The number of nitrogens with zero attached hydrogens (tertiary/aromatic N) is 4. The molecule has 2 aromatic rings. The Morgan fingerprint density at radius 1 is 1.23 bits per heavy atom. The largest absolute Gasteiger partial charge is 0.433 e. The number of rotatable bonds is 6. The zero-order chi connectivity index (χ0) is 25.4. The van der Waals surface area contributed by atoms with E-state index in [1.807, 2.05) is 0 Å². The van der Waals surface area contributed by atoms with E-state index in [9.17, 15) is 30.8 Å². The number of nitrogens with one attached hydrogen (secondary N) is 1. The van der Waals surface area contributed by atoms with Crippen LogP contribution in [0, 0.1) is 0 Å². The predicted octanol–water partition coefficient (Wildman–Crippen LogP) is 3.15. The van der Waals surface area contributed by atoms with Gasteiger partial charge in [-0.05, 0) is 43.7 Å². The minimum absolute atomic E-state index is 0.0404. The highest BCUT2D eigenvalue weighted by molar-refractivity contribution is 7.93. The summed E-state index contributed by atoms with van der Waals surface area (Å²) in [6, 6.07) is 2.25. The third-order valence-electron chi connectivity index (χ3n) is 5.71.